The predicted molar refractivity (Wildman–Crippen MR) is 118 cm³/mol. The number of hydrogen-bond acceptors (Lipinski definition) is 3. The standard InChI is InChI=1S/C25H31N3O2/c1-18(2)28-24(30)22(17-20-7-5-4-6-8-20)26-25(28)13-15-27(16-14-25)23(29)21-11-9-19(3)10-12-21/h4-12,18,22,26H,13-17H2,1-3H3/t22-/m1/s1. The number of carbonyl (C=O) groups is 2. The summed E-state index contributed by atoms with van der Waals surface area (Å²) in [4.78, 5) is 30.2. The molecule has 5 heteroatoms. The van der Waals surface area contributed by atoms with E-state index in [1.54, 1.807) is 0 Å². The lowest BCUT2D eigenvalue weighted by Gasteiger charge is -2.46. The highest BCUT2D eigenvalue weighted by atomic mass is 16.2. The van der Waals surface area contributed by atoms with E-state index in [1.165, 1.54) is 0 Å². The molecule has 0 saturated carbocycles. The molecule has 0 radical (unpaired) electrons. The van der Waals surface area contributed by atoms with Crippen LogP contribution in [0.15, 0.2) is 54.6 Å². The number of likely N-dealkylation sites (tertiary alicyclic amines) is 1. The summed E-state index contributed by atoms with van der Waals surface area (Å²) >= 11 is 0. The van der Waals surface area contributed by atoms with Crippen LogP contribution in [0.2, 0.25) is 0 Å². The van der Waals surface area contributed by atoms with E-state index in [4.69, 9.17) is 0 Å². The fraction of sp³-hybridized carbons (Fsp3) is 0.440. The summed E-state index contributed by atoms with van der Waals surface area (Å²) < 4.78 is 0. The number of rotatable bonds is 4. The van der Waals surface area contributed by atoms with Gasteiger partial charge in [0.1, 0.15) is 0 Å². The quantitative estimate of drug-likeness (QED) is 0.849. The van der Waals surface area contributed by atoms with Gasteiger partial charge in [0, 0.05) is 37.5 Å². The van der Waals surface area contributed by atoms with Crippen LogP contribution >= 0.6 is 0 Å². The second kappa shape index (κ2) is 8.23. The summed E-state index contributed by atoms with van der Waals surface area (Å²) in [6.45, 7) is 7.47. The third-order valence-corrected chi connectivity index (χ3v) is 6.41. The fourth-order valence-electron chi connectivity index (χ4n) is 4.91. The van der Waals surface area contributed by atoms with Crippen molar-refractivity contribution >= 4 is 11.8 Å². The van der Waals surface area contributed by atoms with Gasteiger partial charge in [-0.3, -0.25) is 14.9 Å². The van der Waals surface area contributed by atoms with Gasteiger partial charge >= 0.3 is 0 Å². The summed E-state index contributed by atoms with van der Waals surface area (Å²) in [5, 5.41) is 3.68. The maximum Gasteiger partial charge on any atom is 0.253 e. The Labute approximate surface area is 179 Å². The molecule has 30 heavy (non-hydrogen) atoms. The summed E-state index contributed by atoms with van der Waals surface area (Å²) in [6, 6.07) is 17.8. The second-order valence-electron chi connectivity index (χ2n) is 8.88. The largest absolute Gasteiger partial charge is 0.338 e. The summed E-state index contributed by atoms with van der Waals surface area (Å²) in [5.41, 5.74) is 2.68. The van der Waals surface area contributed by atoms with Gasteiger partial charge in [-0.2, -0.15) is 0 Å². The van der Waals surface area contributed by atoms with Crippen molar-refractivity contribution in [1.29, 1.82) is 0 Å². The highest BCUT2D eigenvalue weighted by molar-refractivity contribution is 5.94. The Bertz CT molecular complexity index is 900. The first-order valence-electron chi connectivity index (χ1n) is 10.9. The Morgan fingerprint density at radius 1 is 1.07 bits per heavy atom. The van der Waals surface area contributed by atoms with Crippen molar-refractivity contribution in [1.82, 2.24) is 15.1 Å². The van der Waals surface area contributed by atoms with E-state index in [9.17, 15) is 9.59 Å². The van der Waals surface area contributed by atoms with Crippen LogP contribution in [-0.4, -0.2) is 52.5 Å². The highest BCUT2D eigenvalue weighted by Gasteiger charge is 2.52. The molecule has 2 heterocycles. The van der Waals surface area contributed by atoms with Crippen LogP contribution in [-0.2, 0) is 11.2 Å². The third-order valence-electron chi connectivity index (χ3n) is 6.41. The van der Waals surface area contributed by atoms with Gasteiger partial charge in [-0.15, -0.1) is 0 Å². The number of piperidine rings is 1. The Morgan fingerprint density at radius 2 is 1.70 bits per heavy atom. The number of hydrogen-bond donors (Lipinski definition) is 1. The molecule has 0 unspecified atom stereocenters. The molecule has 4 rings (SSSR count). The van der Waals surface area contributed by atoms with Crippen LogP contribution in [0.3, 0.4) is 0 Å². The van der Waals surface area contributed by atoms with Crippen LogP contribution < -0.4 is 5.32 Å². The van der Waals surface area contributed by atoms with Crippen molar-refractivity contribution in [3.05, 3.63) is 71.3 Å². The normalized spacial score (nSPS) is 20.9. The predicted octanol–water partition coefficient (Wildman–Crippen LogP) is 3.38. The van der Waals surface area contributed by atoms with E-state index in [0.29, 0.717) is 19.5 Å². The molecule has 2 aliphatic heterocycles. The number of nitrogens with zero attached hydrogens (tertiary/aromatic N) is 2. The molecule has 1 N–H and O–H groups in total. The molecule has 158 valence electrons. The lowest BCUT2D eigenvalue weighted by Crippen LogP contribution is -2.61. The van der Waals surface area contributed by atoms with E-state index in [2.05, 4.69) is 31.3 Å². The van der Waals surface area contributed by atoms with Crippen molar-refractivity contribution in [2.75, 3.05) is 13.1 Å². The molecule has 2 amide bonds. The zero-order valence-electron chi connectivity index (χ0n) is 18.1. The first kappa shape index (κ1) is 20.6. The number of nitrogens with one attached hydrogen (secondary N) is 1. The number of amides is 2. The van der Waals surface area contributed by atoms with Gasteiger partial charge in [0.2, 0.25) is 5.91 Å². The van der Waals surface area contributed by atoms with Gasteiger partial charge in [-0.1, -0.05) is 48.0 Å². The van der Waals surface area contributed by atoms with Gasteiger partial charge in [0.15, 0.2) is 0 Å². The monoisotopic (exact) mass is 405 g/mol. The zero-order chi connectivity index (χ0) is 21.3. The van der Waals surface area contributed by atoms with Crippen LogP contribution in [0.5, 0.6) is 0 Å². The topological polar surface area (TPSA) is 52.7 Å². The lowest BCUT2D eigenvalue weighted by molar-refractivity contribution is -0.135. The maximum atomic E-state index is 13.3. The third kappa shape index (κ3) is 3.86. The van der Waals surface area contributed by atoms with Crippen LogP contribution in [0.4, 0.5) is 0 Å². The molecule has 0 aromatic heterocycles. The average molecular weight is 406 g/mol. The van der Waals surface area contributed by atoms with Gasteiger partial charge < -0.3 is 9.80 Å². The molecular weight excluding hydrogens is 374 g/mol. The molecule has 1 atom stereocenters. The molecule has 2 fully saturated rings. The molecular formula is C25H31N3O2. The molecule has 1 spiro atoms. The Morgan fingerprint density at radius 3 is 2.30 bits per heavy atom. The van der Waals surface area contributed by atoms with Gasteiger partial charge in [-0.05, 0) is 44.9 Å². The van der Waals surface area contributed by atoms with Crippen molar-refractivity contribution in [2.24, 2.45) is 0 Å². The SMILES string of the molecule is Cc1ccc(C(=O)N2CCC3(CC2)N[C@H](Cc2ccccc2)C(=O)N3C(C)C)cc1. The number of aryl methyl sites for hydroxylation is 1. The summed E-state index contributed by atoms with van der Waals surface area (Å²) in [5.74, 6) is 0.248. The molecule has 0 aliphatic carbocycles. The fourth-order valence-corrected chi connectivity index (χ4v) is 4.91. The summed E-state index contributed by atoms with van der Waals surface area (Å²) in [6.07, 6.45) is 2.19. The average Bonchev–Trinajstić information content (AvgIpc) is 3.00. The minimum absolute atomic E-state index is 0.0751. The summed E-state index contributed by atoms with van der Waals surface area (Å²) in [7, 11) is 0. The van der Waals surface area contributed by atoms with Crippen molar-refractivity contribution < 1.29 is 9.59 Å². The van der Waals surface area contributed by atoms with E-state index in [0.717, 1.165) is 29.5 Å². The number of carbonyl (C=O) groups excluding carboxylic acids is 2. The van der Waals surface area contributed by atoms with Gasteiger partial charge in [0.05, 0.1) is 11.7 Å². The zero-order valence-corrected chi connectivity index (χ0v) is 18.1. The molecule has 2 aliphatic rings. The molecule has 5 nitrogen and oxygen atoms in total. The van der Waals surface area contributed by atoms with E-state index in [1.807, 2.05) is 59.2 Å². The Balaban J connectivity index is 1.48. The lowest BCUT2D eigenvalue weighted by atomic mass is 9.94. The van der Waals surface area contributed by atoms with Gasteiger partial charge in [0.25, 0.3) is 5.91 Å². The molecule has 0 bridgehead atoms. The van der Waals surface area contributed by atoms with Crippen LogP contribution in [0, 0.1) is 6.92 Å². The van der Waals surface area contributed by atoms with Crippen LogP contribution in [0.1, 0.15) is 48.2 Å². The van der Waals surface area contributed by atoms with E-state index < -0.39 is 0 Å². The second-order valence-corrected chi connectivity index (χ2v) is 8.88. The number of benzene rings is 2. The van der Waals surface area contributed by atoms with Crippen LogP contribution in [0.25, 0.3) is 0 Å². The minimum Gasteiger partial charge on any atom is -0.338 e. The van der Waals surface area contributed by atoms with Crippen molar-refractivity contribution in [2.45, 2.75) is 57.8 Å². The Kier molecular flexibility index (Phi) is 5.65. The van der Waals surface area contributed by atoms with Crippen molar-refractivity contribution in [3.63, 3.8) is 0 Å². The maximum absolute atomic E-state index is 13.3. The minimum atomic E-state index is -0.366. The van der Waals surface area contributed by atoms with Gasteiger partial charge in [-0.25, -0.2) is 0 Å². The highest BCUT2D eigenvalue weighted by Crippen LogP contribution is 2.35. The first-order chi connectivity index (χ1) is 14.4. The smallest absolute Gasteiger partial charge is 0.253 e. The first-order valence-corrected chi connectivity index (χ1v) is 10.9. The van der Waals surface area contributed by atoms with Crippen molar-refractivity contribution in [3.8, 4) is 0 Å². The molecule has 2 aromatic rings. The molecule has 2 aromatic carbocycles. The van der Waals surface area contributed by atoms with E-state index in [-0.39, 0.29) is 29.6 Å². The Hall–Kier alpha value is -2.66. The molecule has 2 saturated heterocycles. The van der Waals surface area contributed by atoms with E-state index >= 15 is 0 Å².